The number of anilines is 1. The maximum Gasteiger partial charge on any atom is 0.251 e. The molecule has 0 aliphatic heterocycles. The van der Waals surface area contributed by atoms with Gasteiger partial charge in [-0.05, 0) is 19.4 Å². The van der Waals surface area contributed by atoms with Crippen molar-refractivity contribution >= 4 is 11.6 Å². The van der Waals surface area contributed by atoms with Gasteiger partial charge in [0, 0.05) is 25.4 Å². The second-order valence-electron chi connectivity index (χ2n) is 4.30. The summed E-state index contributed by atoms with van der Waals surface area (Å²) in [4.78, 5) is 23.3. The average molecular weight is 253 g/mol. The molecule has 1 unspecified atom stereocenters. The lowest BCUT2D eigenvalue weighted by Crippen LogP contribution is -2.39. The molecule has 0 spiro atoms. The maximum absolute atomic E-state index is 11.7. The van der Waals surface area contributed by atoms with Crippen molar-refractivity contribution in [1.29, 1.82) is 0 Å². The fourth-order valence-electron chi connectivity index (χ4n) is 1.58. The highest BCUT2D eigenvalue weighted by Crippen LogP contribution is 2.04. The monoisotopic (exact) mass is 253 g/mol. The number of amides is 1. The molecule has 0 aromatic carbocycles. The number of methoxy groups -OCH3 is 1. The first-order valence-corrected chi connectivity index (χ1v) is 5.69. The van der Waals surface area contributed by atoms with Crippen LogP contribution in [-0.4, -0.2) is 30.2 Å². The number of aryl methyl sites for hydroxylation is 1. The Morgan fingerprint density at radius 3 is 2.89 bits per heavy atom. The van der Waals surface area contributed by atoms with E-state index in [1.165, 1.54) is 16.8 Å². The van der Waals surface area contributed by atoms with Gasteiger partial charge in [0.2, 0.25) is 5.91 Å². The molecule has 0 aliphatic carbocycles. The summed E-state index contributed by atoms with van der Waals surface area (Å²) in [6, 6.07) is 1.32. The first kappa shape index (κ1) is 14.2. The normalized spacial score (nSPS) is 12.2. The van der Waals surface area contributed by atoms with Gasteiger partial charge in [0.05, 0.1) is 12.3 Å². The molecule has 100 valence electrons. The lowest BCUT2D eigenvalue weighted by Gasteiger charge is -2.14. The molecule has 1 aromatic heterocycles. The zero-order valence-corrected chi connectivity index (χ0v) is 10.9. The van der Waals surface area contributed by atoms with Gasteiger partial charge in [-0.15, -0.1) is 0 Å². The summed E-state index contributed by atoms with van der Waals surface area (Å²) in [7, 11) is 1.56. The van der Waals surface area contributed by atoms with Gasteiger partial charge in [-0.2, -0.15) is 0 Å². The van der Waals surface area contributed by atoms with Gasteiger partial charge in [0.1, 0.15) is 6.54 Å². The molecule has 0 saturated carbocycles. The van der Waals surface area contributed by atoms with Gasteiger partial charge in [-0.25, -0.2) is 0 Å². The molecule has 6 nitrogen and oxygen atoms in total. The highest BCUT2D eigenvalue weighted by Gasteiger charge is 2.09. The van der Waals surface area contributed by atoms with Crippen molar-refractivity contribution < 1.29 is 9.53 Å². The molecular weight excluding hydrogens is 234 g/mol. The number of nitrogens with zero attached hydrogens (tertiary/aromatic N) is 1. The van der Waals surface area contributed by atoms with E-state index in [1.807, 2.05) is 6.92 Å². The van der Waals surface area contributed by atoms with Crippen LogP contribution in [0.25, 0.3) is 0 Å². The van der Waals surface area contributed by atoms with Crippen LogP contribution in [0.3, 0.4) is 0 Å². The predicted molar refractivity (Wildman–Crippen MR) is 69.3 cm³/mol. The summed E-state index contributed by atoms with van der Waals surface area (Å²) >= 11 is 0. The summed E-state index contributed by atoms with van der Waals surface area (Å²) in [5.41, 5.74) is 6.67. The topological polar surface area (TPSA) is 86.3 Å². The predicted octanol–water partition coefficient (Wildman–Crippen LogP) is -0.110. The number of rotatable bonds is 5. The summed E-state index contributed by atoms with van der Waals surface area (Å²) in [6.07, 6.45) is 1.48. The summed E-state index contributed by atoms with van der Waals surface area (Å²) in [5.74, 6) is -0.245. The Morgan fingerprint density at radius 1 is 1.61 bits per heavy atom. The van der Waals surface area contributed by atoms with Gasteiger partial charge in [0.15, 0.2) is 0 Å². The molecule has 0 fully saturated rings. The number of nitrogen functional groups attached to an aromatic ring is 1. The third-order valence-electron chi connectivity index (χ3n) is 2.51. The number of ether oxygens (including phenoxy) is 1. The molecule has 1 atom stereocenters. The summed E-state index contributed by atoms with van der Waals surface area (Å²) < 4.78 is 6.20. The van der Waals surface area contributed by atoms with Crippen LogP contribution in [-0.2, 0) is 16.1 Å². The molecule has 18 heavy (non-hydrogen) atoms. The van der Waals surface area contributed by atoms with Gasteiger partial charge >= 0.3 is 0 Å². The molecule has 6 heteroatoms. The minimum atomic E-state index is -0.245. The Bertz CT molecular complexity index is 482. The van der Waals surface area contributed by atoms with Gasteiger partial charge in [-0.1, -0.05) is 0 Å². The zero-order valence-electron chi connectivity index (χ0n) is 10.9. The molecule has 1 rings (SSSR count). The van der Waals surface area contributed by atoms with Crippen LogP contribution in [0.5, 0.6) is 0 Å². The van der Waals surface area contributed by atoms with Crippen LogP contribution in [0.4, 0.5) is 5.69 Å². The lowest BCUT2D eigenvalue weighted by atomic mass is 10.2. The van der Waals surface area contributed by atoms with Crippen molar-refractivity contribution in [2.24, 2.45) is 0 Å². The molecule has 0 saturated heterocycles. The minimum Gasteiger partial charge on any atom is -0.397 e. The molecular formula is C12H19N3O3. The fraction of sp³-hybridized carbons (Fsp3) is 0.500. The summed E-state index contributed by atoms with van der Waals surface area (Å²) in [5, 5.41) is 2.73. The van der Waals surface area contributed by atoms with Gasteiger partial charge in [0.25, 0.3) is 5.56 Å². The number of hydrogen-bond acceptors (Lipinski definition) is 4. The van der Waals surface area contributed by atoms with E-state index in [0.717, 1.165) is 0 Å². The number of aromatic nitrogens is 1. The highest BCUT2D eigenvalue weighted by atomic mass is 16.5. The van der Waals surface area contributed by atoms with Crippen LogP contribution in [0.1, 0.15) is 12.5 Å². The lowest BCUT2D eigenvalue weighted by molar-refractivity contribution is -0.122. The minimum absolute atomic E-state index is 0.0443. The number of nitrogens with one attached hydrogen (secondary N) is 1. The zero-order chi connectivity index (χ0) is 13.7. The third kappa shape index (κ3) is 3.89. The van der Waals surface area contributed by atoms with Crippen LogP contribution in [0.15, 0.2) is 17.1 Å². The SMILES string of the molecule is COCC(C)NC(=O)Cn1cc(N)c(C)cc1=O. The number of nitrogens with two attached hydrogens (primary N) is 1. The molecule has 0 bridgehead atoms. The van der Waals surface area contributed by atoms with Gasteiger partial charge < -0.3 is 20.4 Å². The van der Waals surface area contributed by atoms with Crippen molar-refractivity contribution in [3.05, 3.63) is 28.2 Å². The number of pyridine rings is 1. The summed E-state index contributed by atoms with van der Waals surface area (Å²) in [6.45, 7) is 3.96. The van der Waals surface area contributed by atoms with Crippen LogP contribution in [0.2, 0.25) is 0 Å². The highest BCUT2D eigenvalue weighted by molar-refractivity contribution is 5.76. The fourth-order valence-corrected chi connectivity index (χ4v) is 1.58. The van der Waals surface area contributed by atoms with E-state index in [2.05, 4.69) is 5.32 Å². The van der Waals surface area contributed by atoms with E-state index in [0.29, 0.717) is 17.9 Å². The Balaban J connectivity index is 2.70. The van der Waals surface area contributed by atoms with Crippen molar-refractivity contribution in [2.45, 2.75) is 26.4 Å². The van der Waals surface area contributed by atoms with E-state index in [4.69, 9.17) is 10.5 Å². The standard InChI is InChI=1S/C12H19N3O3/c1-8-4-12(17)15(5-10(8)13)6-11(16)14-9(2)7-18-3/h4-5,9H,6-7,13H2,1-3H3,(H,14,16). The average Bonchev–Trinajstić information content (AvgIpc) is 2.26. The van der Waals surface area contributed by atoms with Crippen molar-refractivity contribution in [2.75, 3.05) is 19.5 Å². The Morgan fingerprint density at radius 2 is 2.28 bits per heavy atom. The van der Waals surface area contributed by atoms with E-state index < -0.39 is 0 Å². The number of hydrogen-bond donors (Lipinski definition) is 2. The number of carbonyl (C=O) groups excluding carboxylic acids is 1. The first-order valence-electron chi connectivity index (χ1n) is 5.69. The Labute approximate surface area is 106 Å². The number of carbonyl (C=O) groups is 1. The molecule has 1 heterocycles. The second-order valence-corrected chi connectivity index (χ2v) is 4.30. The van der Waals surface area contributed by atoms with Crippen LogP contribution in [0, 0.1) is 6.92 Å². The van der Waals surface area contributed by atoms with Crippen LogP contribution >= 0.6 is 0 Å². The first-order chi connectivity index (χ1) is 8.43. The molecule has 0 aliphatic rings. The van der Waals surface area contributed by atoms with E-state index in [-0.39, 0.29) is 24.1 Å². The van der Waals surface area contributed by atoms with Crippen molar-refractivity contribution in [1.82, 2.24) is 9.88 Å². The quantitative estimate of drug-likeness (QED) is 0.766. The second kappa shape index (κ2) is 6.20. The van der Waals surface area contributed by atoms with Crippen LogP contribution < -0.4 is 16.6 Å². The molecule has 1 amide bonds. The molecule has 1 aromatic rings. The molecule has 0 radical (unpaired) electrons. The van der Waals surface area contributed by atoms with Crippen molar-refractivity contribution in [3.8, 4) is 0 Å². The Hall–Kier alpha value is -1.82. The van der Waals surface area contributed by atoms with E-state index >= 15 is 0 Å². The van der Waals surface area contributed by atoms with Crippen molar-refractivity contribution in [3.63, 3.8) is 0 Å². The Kier molecular flexibility index (Phi) is 4.91. The molecule has 3 N–H and O–H groups in total. The maximum atomic E-state index is 11.7. The van der Waals surface area contributed by atoms with E-state index in [1.54, 1.807) is 14.0 Å². The van der Waals surface area contributed by atoms with E-state index in [9.17, 15) is 9.59 Å². The largest absolute Gasteiger partial charge is 0.397 e. The van der Waals surface area contributed by atoms with Gasteiger partial charge in [-0.3, -0.25) is 9.59 Å². The third-order valence-corrected chi connectivity index (χ3v) is 2.51. The smallest absolute Gasteiger partial charge is 0.251 e.